The average Bonchev–Trinajstić information content (AvgIpc) is 2.84. The second-order valence-electron chi connectivity index (χ2n) is 4.54. The van der Waals surface area contributed by atoms with E-state index >= 15 is 0 Å². The van der Waals surface area contributed by atoms with E-state index in [2.05, 4.69) is 4.98 Å². The molecule has 98 valence electrons. The number of ether oxygens (including phenoxy) is 1. The number of carbonyl (C=O) groups is 2. The van der Waals surface area contributed by atoms with Crippen LogP contribution in [0.5, 0.6) is 0 Å². The maximum absolute atomic E-state index is 11.6. The molecule has 0 saturated carbocycles. The molecule has 1 fully saturated rings. The summed E-state index contributed by atoms with van der Waals surface area (Å²) in [5, 5.41) is 1.16. The van der Waals surface area contributed by atoms with Gasteiger partial charge in [0.15, 0.2) is 0 Å². The molecule has 5 nitrogen and oxygen atoms in total. The number of H-pyrrole nitrogens is 1. The number of nitrogens with one attached hydrogen (secondary N) is 1. The fraction of sp³-hybridized carbons (Fsp3) is 0.286. The standard InChI is InChI=1S/C14H14N2O3/c17-13-14(18)19-8-7-16(13)6-5-10-9-15-12-4-2-1-3-11(10)12/h1-4,9,15H,5-8H2. The molecular weight excluding hydrogens is 244 g/mol. The summed E-state index contributed by atoms with van der Waals surface area (Å²) in [5.74, 6) is -1.28. The Labute approximate surface area is 110 Å². The van der Waals surface area contributed by atoms with Gasteiger partial charge >= 0.3 is 11.9 Å². The molecule has 1 amide bonds. The van der Waals surface area contributed by atoms with Gasteiger partial charge in [0.05, 0.1) is 6.54 Å². The number of esters is 1. The number of cyclic esters (lactones) is 1. The van der Waals surface area contributed by atoms with Crippen molar-refractivity contribution in [3.05, 3.63) is 36.0 Å². The van der Waals surface area contributed by atoms with E-state index < -0.39 is 11.9 Å². The van der Waals surface area contributed by atoms with Crippen molar-refractivity contribution < 1.29 is 14.3 Å². The van der Waals surface area contributed by atoms with E-state index in [0.717, 1.165) is 22.9 Å². The third kappa shape index (κ3) is 2.19. The van der Waals surface area contributed by atoms with Crippen LogP contribution in [0, 0.1) is 0 Å². The first-order valence-corrected chi connectivity index (χ1v) is 6.27. The summed E-state index contributed by atoms with van der Waals surface area (Å²) in [6.45, 7) is 1.31. The van der Waals surface area contributed by atoms with E-state index in [9.17, 15) is 9.59 Å². The number of hydrogen-bond donors (Lipinski definition) is 1. The minimum Gasteiger partial charge on any atom is -0.457 e. The first-order valence-electron chi connectivity index (χ1n) is 6.27. The van der Waals surface area contributed by atoms with Crippen LogP contribution in [0.25, 0.3) is 10.9 Å². The molecule has 1 aliphatic heterocycles. The van der Waals surface area contributed by atoms with Crippen LogP contribution >= 0.6 is 0 Å². The number of morpholine rings is 1. The average molecular weight is 258 g/mol. The lowest BCUT2D eigenvalue weighted by Crippen LogP contribution is -2.45. The Bertz CT molecular complexity index is 632. The Hall–Kier alpha value is -2.30. The SMILES string of the molecule is O=C1OCCN(CCc2c[nH]c3ccccc23)C1=O. The molecule has 1 N–H and O–H groups in total. The summed E-state index contributed by atoms with van der Waals surface area (Å²) < 4.78 is 4.69. The third-order valence-electron chi connectivity index (χ3n) is 3.38. The van der Waals surface area contributed by atoms with Crippen molar-refractivity contribution in [2.45, 2.75) is 6.42 Å². The number of aromatic nitrogens is 1. The van der Waals surface area contributed by atoms with Gasteiger partial charge in [-0.05, 0) is 18.1 Å². The van der Waals surface area contributed by atoms with Gasteiger partial charge in [-0.15, -0.1) is 0 Å². The summed E-state index contributed by atoms with van der Waals surface area (Å²) in [4.78, 5) is 27.5. The van der Waals surface area contributed by atoms with Crippen LogP contribution in [-0.4, -0.2) is 41.5 Å². The number of amides is 1. The Balaban J connectivity index is 1.72. The molecule has 1 aromatic heterocycles. The molecular formula is C14H14N2O3. The molecule has 0 aliphatic carbocycles. The van der Waals surface area contributed by atoms with Crippen molar-refractivity contribution in [1.29, 1.82) is 0 Å². The van der Waals surface area contributed by atoms with Crippen molar-refractivity contribution in [3.8, 4) is 0 Å². The highest BCUT2D eigenvalue weighted by Crippen LogP contribution is 2.18. The van der Waals surface area contributed by atoms with Crippen molar-refractivity contribution in [2.75, 3.05) is 19.7 Å². The van der Waals surface area contributed by atoms with Crippen LogP contribution in [0.2, 0.25) is 0 Å². The Morgan fingerprint density at radius 1 is 1.26 bits per heavy atom. The van der Waals surface area contributed by atoms with Gasteiger partial charge in [0.2, 0.25) is 0 Å². The van der Waals surface area contributed by atoms with Gasteiger partial charge in [0, 0.05) is 23.6 Å². The number of hydrogen-bond acceptors (Lipinski definition) is 3. The molecule has 0 unspecified atom stereocenters. The quantitative estimate of drug-likeness (QED) is 0.662. The number of para-hydroxylation sites is 1. The fourth-order valence-corrected chi connectivity index (χ4v) is 2.35. The van der Waals surface area contributed by atoms with Crippen molar-refractivity contribution in [2.24, 2.45) is 0 Å². The minimum absolute atomic E-state index is 0.290. The molecule has 2 heterocycles. The van der Waals surface area contributed by atoms with Gasteiger partial charge in [-0.1, -0.05) is 18.2 Å². The van der Waals surface area contributed by atoms with E-state index in [4.69, 9.17) is 4.74 Å². The molecule has 5 heteroatoms. The molecule has 1 saturated heterocycles. The molecule has 2 aromatic rings. The van der Waals surface area contributed by atoms with Gasteiger partial charge in [0.25, 0.3) is 0 Å². The number of benzene rings is 1. The Morgan fingerprint density at radius 3 is 3.00 bits per heavy atom. The number of carbonyl (C=O) groups excluding carboxylic acids is 2. The van der Waals surface area contributed by atoms with E-state index in [1.54, 1.807) is 4.90 Å². The molecule has 0 atom stereocenters. The van der Waals surface area contributed by atoms with E-state index in [1.807, 2.05) is 30.5 Å². The number of nitrogens with zero attached hydrogens (tertiary/aromatic N) is 1. The predicted molar refractivity (Wildman–Crippen MR) is 69.5 cm³/mol. The number of aromatic amines is 1. The summed E-state index contributed by atoms with van der Waals surface area (Å²) in [6.07, 6.45) is 2.68. The summed E-state index contributed by atoms with van der Waals surface area (Å²) in [7, 11) is 0. The first kappa shape index (κ1) is 11.8. The molecule has 1 aliphatic rings. The van der Waals surface area contributed by atoms with Gasteiger partial charge in [-0.25, -0.2) is 4.79 Å². The third-order valence-corrected chi connectivity index (χ3v) is 3.38. The molecule has 3 rings (SSSR count). The zero-order valence-corrected chi connectivity index (χ0v) is 10.4. The highest BCUT2D eigenvalue weighted by Gasteiger charge is 2.27. The lowest BCUT2D eigenvalue weighted by molar-refractivity contribution is -0.166. The highest BCUT2D eigenvalue weighted by molar-refractivity contribution is 6.32. The molecule has 0 bridgehead atoms. The second-order valence-corrected chi connectivity index (χ2v) is 4.54. The van der Waals surface area contributed by atoms with Gasteiger partial charge in [-0.3, -0.25) is 4.79 Å². The largest absolute Gasteiger partial charge is 0.457 e. The van der Waals surface area contributed by atoms with Crippen LogP contribution in [0.4, 0.5) is 0 Å². The van der Waals surface area contributed by atoms with E-state index in [1.165, 1.54) is 0 Å². The van der Waals surface area contributed by atoms with Crippen LogP contribution in [0.3, 0.4) is 0 Å². The lowest BCUT2D eigenvalue weighted by atomic mass is 10.1. The topological polar surface area (TPSA) is 62.4 Å². The van der Waals surface area contributed by atoms with Gasteiger partial charge < -0.3 is 14.6 Å². The second kappa shape index (κ2) is 4.76. The highest BCUT2D eigenvalue weighted by atomic mass is 16.5. The molecule has 0 radical (unpaired) electrons. The van der Waals surface area contributed by atoms with Gasteiger partial charge in [-0.2, -0.15) is 0 Å². The smallest absolute Gasteiger partial charge is 0.397 e. The Kier molecular flexibility index (Phi) is 2.95. The lowest BCUT2D eigenvalue weighted by Gasteiger charge is -2.25. The summed E-state index contributed by atoms with van der Waals surface area (Å²) in [6, 6.07) is 8.03. The van der Waals surface area contributed by atoms with Crippen LogP contribution in [-0.2, 0) is 20.7 Å². The van der Waals surface area contributed by atoms with Crippen LogP contribution in [0.15, 0.2) is 30.5 Å². The van der Waals surface area contributed by atoms with Crippen LogP contribution in [0.1, 0.15) is 5.56 Å². The Morgan fingerprint density at radius 2 is 2.11 bits per heavy atom. The zero-order chi connectivity index (χ0) is 13.2. The van der Waals surface area contributed by atoms with Crippen molar-refractivity contribution in [3.63, 3.8) is 0 Å². The maximum Gasteiger partial charge on any atom is 0.397 e. The number of rotatable bonds is 3. The monoisotopic (exact) mass is 258 g/mol. The first-order chi connectivity index (χ1) is 9.25. The normalized spacial score (nSPS) is 15.9. The van der Waals surface area contributed by atoms with Crippen molar-refractivity contribution in [1.82, 2.24) is 9.88 Å². The van der Waals surface area contributed by atoms with Crippen LogP contribution < -0.4 is 0 Å². The summed E-state index contributed by atoms with van der Waals surface area (Å²) >= 11 is 0. The molecule has 19 heavy (non-hydrogen) atoms. The van der Waals surface area contributed by atoms with Gasteiger partial charge in [0.1, 0.15) is 6.61 Å². The molecule has 1 aromatic carbocycles. The van der Waals surface area contributed by atoms with Crippen molar-refractivity contribution >= 4 is 22.8 Å². The molecule has 0 spiro atoms. The fourth-order valence-electron chi connectivity index (χ4n) is 2.35. The number of fused-ring (bicyclic) bond motifs is 1. The van der Waals surface area contributed by atoms with E-state index in [0.29, 0.717) is 19.7 Å². The predicted octanol–water partition coefficient (Wildman–Crippen LogP) is 1.10. The zero-order valence-electron chi connectivity index (χ0n) is 10.4. The van der Waals surface area contributed by atoms with E-state index in [-0.39, 0.29) is 0 Å². The maximum atomic E-state index is 11.6. The summed E-state index contributed by atoms with van der Waals surface area (Å²) in [5.41, 5.74) is 2.24. The minimum atomic E-state index is -0.745.